The Kier molecular flexibility index (Phi) is 2.38. The number of nitro benzene ring substituents is 1. The molecule has 1 heterocycles. The van der Waals surface area contributed by atoms with E-state index in [1.54, 1.807) is 0 Å². The van der Waals surface area contributed by atoms with Gasteiger partial charge in [-0.2, -0.15) is 0 Å². The van der Waals surface area contributed by atoms with Crippen molar-refractivity contribution in [1.29, 1.82) is 0 Å². The van der Waals surface area contributed by atoms with Gasteiger partial charge in [0.1, 0.15) is 11.0 Å². The molecule has 0 aliphatic rings. The van der Waals surface area contributed by atoms with Crippen LogP contribution in [0.1, 0.15) is 0 Å². The number of rotatable bonds is 2. The predicted octanol–water partition coefficient (Wildman–Crippen LogP) is 2.24. The Morgan fingerprint density at radius 1 is 1.21 bits per heavy atom. The maximum Gasteiger partial charge on any atom is 0.272 e. The minimum absolute atomic E-state index is 0.121. The van der Waals surface area contributed by atoms with Crippen molar-refractivity contribution < 1.29 is 10.1 Å². The molecule has 0 fully saturated rings. The molecule has 0 spiro atoms. The third kappa shape index (κ3) is 1.77. The summed E-state index contributed by atoms with van der Waals surface area (Å²) in [6.07, 6.45) is 0. The van der Waals surface area contributed by atoms with Crippen molar-refractivity contribution in [3.8, 4) is 11.1 Å². The number of aromatic nitrogens is 3. The third-order valence-electron chi connectivity index (χ3n) is 2.82. The van der Waals surface area contributed by atoms with Gasteiger partial charge in [0.15, 0.2) is 0 Å². The van der Waals surface area contributed by atoms with Gasteiger partial charge in [-0.25, -0.2) is 0 Å². The first-order chi connectivity index (χ1) is 9.16. The molecule has 0 bridgehead atoms. The molecule has 94 valence electrons. The molecule has 0 aliphatic heterocycles. The van der Waals surface area contributed by atoms with E-state index in [1.807, 2.05) is 30.3 Å². The van der Waals surface area contributed by atoms with Crippen LogP contribution >= 0.6 is 0 Å². The number of hydrogen-bond acceptors (Lipinski definition) is 5. The van der Waals surface area contributed by atoms with Crippen LogP contribution in [0.25, 0.3) is 22.2 Å². The molecule has 2 aromatic carbocycles. The first-order valence-electron chi connectivity index (χ1n) is 5.45. The summed E-state index contributed by atoms with van der Waals surface area (Å²) < 4.78 is 0. The van der Waals surface area contributed by atoms with Gasteiger partial charge in [0.25, 0.3) is 5.69 Å². The number of hydrogen-bond donors (Lipinski definition) is 1. The summed E-state index contributed by atoms with van der Waals surface area (Å²) in [6.45, 7) is 0. The molecule has 0 radical (unpaired) electrons. The summed E-state index contributed by atoms with van der Waals surface area (Å²) in [5, 5.41) is 27.8. The molecule has 0 saturated heterocycles. The Bertz CT molecular complexity index is 767. The Morgan fingerprint density at radius 3 is 2.63 bits per heavy atom. The lowest BCUT2D eigenvalue weighted by molar-refractivity contribution is -0.384. The number of nitrogens with zero attached hydrogens (tertiary/aromatic N) is 4. The lowest BCUT2D eigenvalue weighted by Gasteiger charge is -2.02. The molecule has 1 N–H and O–H groups in total. The molecule has 0 saturated carbocycles. The molecule has 19 heavy (non-hydrogen) atoms. The van der Waals surface area contributed by atoms with E-state index in [9.17, 15) is 15.3 Å². The lowest BCUT2D eigenvalue weighted by Crippen LogP contribution is -1.94. The highest BCUT2D eigenvalue weighted by Gasteiger charge is 2.17. The fraction of sp³-hybridized carbons (Fsp3) is 0. The Morgan fingerprint density at radius 2 is 1.95 bits per heavy atom. The van der Waals surface area contributed by atoms with Crippen molar-refractivity contribution in [1.82, 2.24) is 15.2 Å². The highest BCUT2D eigenvalue weighted by Crippen LogP contribution is 2.31. The molecular formula is C12H8N4O3. The van der Waals surface area contributed by atoms with Crippen LogP contribution in [0.3, 0.4) is 0 Å². The van der Waals surface area contributed by atoms with Gasteiger partial charge in [-0.3, -0.25) is 10.1 Å². The molecule has 0 aliphatic carbocycles. The van der Waals surface area contributed by atoms with Crippen LogP contribution in [0.5, 0.6) is 0 Å². The molecule has 7 nitrogen and oxygen atoms in total. The topological polar surface area (TPSA) is 94.1 Å². The van der Waals surface area contributed by atoms with Crippen molar-refractivity contribution in [3.63, 3.8) is 0 Å². The van der Waals surface area contributed by atoms with Gasteiger partial charge in [-0.1, -0.05) is 35.2 Å². The first-order valence-corrected chi connectivity index (χ1v) is 5.45. The van der Waals surface area contributed by atoms with E-state index in [0.717, 1.165) is 5.56 Å². The first kappa shape index (κ1) is 11.1. The van der Waals surface area contributed by atoms with Crippen molar-refractivity contribution in [3.05, 3.63) is 52.6 Å². The van der Waals surface area contributed by atoms with Gasteiger partial charge in [0, 0.05) is 17.7 Å². The third-order valence-corrected chi connectivity index (χ3v) is 2.82. The molecule has 3 rings (SSSR count). The second kappa shape index (κ2) is 4.05. The Labute approximate surface area is 106 Å². The normalized spacial score (nSPS) is 10.7. The number of nitro groups is 1. The van der Waals surface area contributed by atoms with E-state index < -0.39 is 4.92 Å². The number of benzene rings is 2. The SMILES string of the molecule is O=[N+]([O-])c1cc(-c2ccccc2)c2nnn(O)c2c1. The number of fused-ring (bicyclic) bond motifs is 1. The summed E-state index contributed by atoms with van der Waals surface area (Å²) in [5.74, 6) is 0. The van der Waals surface area contributed by atoms with Crippen LogP contribution < -0.4 is 0 Å². The molecule has 3 aromatic rings. The van der Waals surface area contributed by atoms with Crippen molar-refractivity contribution in [2.24, 2.45) is 0 Å². The van der Waals surface area contributed by atoms with Crippen LogP contribution in [0.4, 0.5) is 5.69 Å². The summed E-state index contributed by atoms with van der Waals surface area (Å²) in [5.41, 5.74) is 1.83. The highest BCUT2D eigenvalue weighted by atomic mass is 16.6. The largest absolute Gasteiger partial charge is 0.410 e. The van der Waals surface area contributed by atoms with E-state index in [-0.39, 0.29) is 11.2 Å². The minimum atomic E-state index is -0.515. The standard InChI is InChI=1S/C12H8N4O3/c17-15-11-7-9(16(18)19)6-10(12(11)13-14-15)8-4-2-1-3-5-8/h1-7,17H. The maximum absolute atomic E-state index is 10.9. The van der Waals surface area contributed by atoms with E-state index in [2.05, 4.69) is 10.3 Å². The van der Waals surface area contributed by atoms with Gasteiger partial charge in [0.2, 0.25) is 0 Å². The van der Waals surface area contributed by atoms with E-state index in [4.69, 9.17) is 0 Å². The molecule has 0 amide bonds. The predicted molar refractivity (Wildman–Crippen MR) is 66.8 cm³/mol. The van der Waals surface area contributed by atoms with Crippen LogP contribution in [-0.2, 0) is 0 Å². The second-order valence-corrected chi connectivity index (χ2v) is 3.96. The highest BCUT2D eigenvalue weighted by molar-refractivity contribution is 5.93. The van der Waals surface area contributed by atoms with Gasteiger partial charge < -0.3 is 5.21 Å². The fourth-order valence-electron chi connectivity index (χ4n) is 1.94. The van der Waals surface area contributed by atoms with Crippen LogP contribution in [0, 0.1) is 10.1 Å². The minimum Gasteiger partial charge on any atom is -0.410 e. The Hall–Kier alpha value is -2.96. The fourth-order valence-corrected chi connectivity index (χ4v) is 1.94. The quantitative estimate of drug-likeness (QED) is 0.431. The summed E-state index contributed by atoms with van der Waals surface area (Å²) in [4.78, 5) is 11.0. The van der Waals surface area contributed by atoms with E-state index >= 15 is 0 Å². The van der Waals surface area contributed by atoms with Crippen LogP contribution in [-0.4, -0.2) is 25.3 Å². The van der Waals surface area contributed by atoms with E-state index in [0.29, 0.717) is 15.9 Å². The van der Waals surface area contributed by atoms with E-state index in [1.165, 1.54) is 12.1 Å². The average molecular weight is 256 g/mol. The van der Waals surface area contributed by atoms with Gasteiger partial charge in [-0.15, -0.1) is 5.10 Å². The molecule has 1 aromatic heterocycles. The monoisotopic (exact) mass is 256 g/mol. The van der Waals surface area contributed by atoms with Crippen molar-refractivity contribution >= 4 is 16.7 Å². The van der Waals surface area contributed by atoms with Crippen LogP contribution in [0.15, 0.2) is 42.5 Å². The average Bonchev–Trinajstić information content (AvgIpc) is 2.80. The zero-order valence-corrected chi connectivity index (χ0v) is 9.59. The summed E-state index contributed by atoms with van der Waals surface area (Å²) >= 11 is 0. The van der Waals surface area contributed by atoms with Crippen molar-refractivity contribution in [2.45, 2.75) is 0 Å². The zero-order valence-electron chi connectivity index (χ0n) is 9.59. The van der Waals surface area contributed by atoms with Crippen LogP contribution in [0.2, 0.25) is 0 Å². The molecular weight excluding hydrogens is 248 g/mol. The van der Waals surface area contributed by atoms with Gasteiger partial charge in [-0.05, 0) is 10.8 Å². The smallest absolute Gasteiger partial charge is 0.272 e. The summed E-state index contributed by atoms with van der Waals surface area (Å²) in [7, 11) is 0. The van der Waals surface area contributed by atoms with Gasteiger partial charge in [0.05, 0.1) is 4.92 Å². The van der Waals surface area contributed by atoms with Gasteiger partial charge >= 0.3 is 0 Å². The zero-order chi connectivity index (χ0) is 13.4. The molecule has 0 unspecified atom stereocenters. The molecule has 7 heteroatoms. The molecule has 0 atom stereocenters. The summed E-state index contributed by atoms with van der Waals surface area (Å²) in [6, 6.07) is 11.8. The maximum atomic E-state index is 10.9. The Balaban J connectivity index is 2.37. The second-order valence-electron chi connectivity index (χ2n) is 3.96. The number of non-ortho nitro benzene ring substituents is 1. The lowest BCUT2D eigenvalue weighted by atomic mass is 10.0. The van der Waals surface area contributed by atoms with Crippen molar-refractivity contribution in [2.75, 3.05) is 0 Å².